The fourth-order valence-electron chi connectivity index (χ4n) is 4.07. The Kier molecular flexibility index (Phi) is 8.54. The van der Waals surface area contributed by atoms with Crippen molar-refractivity contribution in [2.45, 2.75) is 25.8 Å². The van der Waals surface area contributed by atoms with Gasteiger partial charge in [-0.2, -0.15) is 0 Å². The fraction of sp³-hybridized carbons (Fsp3) is 0.400. The van der Waals surface area contributed by atoms with Gasteiger partial charge in [0.25, 0.3) is 11.8 Å². The second kappa shape index (κ2) is 11.6. The minimum atomic E-state index is -0.843. The number of aryl methyl sites for hydroxylation is 1. The molecule has 1 aliphatic rings. The number of rotatable bonds is 8. The molecule has 8 heteroatoms. The predicted octanol–water partition coefficient (Wildman–Crippen LogP) is 2.55. The fourth-order valence-corrected chi connectivity index (χ4v) is 4.07. The Morgan fingerprint density at radius 3 is 2.33 bits per heavy atom. The summed E-state index contributed by atoms with van der Waals surface area (Å²) in [4.78, 5) is 40.3. The zero-order valence-corrected chi connectivity index (χ0v) is 19.0. The Labute approximate surface area is 193 Å². The lowest BCUT2D eigenvalue weighted by atomic mass is 9.88. The van der Waals surface area contributed by atoms with Crippen LogP contribution in [0.5, 0.6) is 0 Å². The molecule has 33 heavy (non-hydrogen) atoms. The molecule has 7 nitrogen and oxygen atoms in total. The highest BCUT2D eigenvalue weighted by Crippen LogP contribution is 2.24. The van der Waals surface area contributed by atoms with Crippen LogP contribution in [-0.4, -0.2) is 62.0 Å². The monoisotopic (exact) mass is 455 g/mol. The van der Waals surface area contributed by atoms with E-state index in [1.165, 1.54) is 25.3 Å². The molecule has 1 fully saturated rings. The molecule has 0 aliphatic carbocycles. The molecular formula is C25H30FN3O4. The molecular weight excluding hydrogens is 425 g/mol. The Bertz CT molecular complexity index is 989. The number of carbonyl (C=O) groups is 3. The van der Waals surface area contributed by atoms with Gasteiger partial charge in [-0.15, -0.1) is 0 Å². The molecule has 1 atom stereocenters. The van der Waals surface area contributed by atoms with Crippen LogP contribution in [0.15, 0.2) is 48.5 Å². The van der Waals surface area contributed by atoms with Crippen molar-refractivity contribution >= 4 is 17.7 Å². The Morgan fingerprint density at radius 2 is 1.70 bits per heavy atom. The molecule has 1 saturated heterocycles. The summed E-state index contributed by atoms with van der Waals surface area (Å²) in [6, 6.07) is 12.3. The normalized spacial score (nSPS) is 15.1. The Morgan fingerprint density at radius 1 is 1.06 bits per heavy atom. The van der Waals surface area contributed by atoms with E-state index in [4.69, 9.17) is 4.74 Å². The number of halogens is 1. The first-order valence-electron chi connectivity index (χ1n) is 11.1. The number of nitrogens with one attached hydrogen (secondary N) is 2. The third-order valence-corrected chi connectivity index (χ3v) is 5.97. The zero-order valence-electron chi connectivity index (χ0n) is 19.0. The molecule has 2 aromatic rings. The van der Waals surface area contributed by atoms with E-state index < -0.39 is 17.8 Å². The van der Waals surface area contributed by atoms with Crippen LogP contribution in [-0.2, 0) is 9.53 Å². The number of likely N-dealkylation sites (tertiary alicyclic amines) is 1. The van der Waals surface area contributed by atoms with Crippen molar-refractivity contribution in [3.8, 4) is 0 Å². The molecule has 3 amide bonds. The molecule has 0 spiro atoms. The molecule has 176 valence electrons. The van der Waals surface area contributed by atoms with Crippen LogP contribution in [0.2, 0.25) is 0 Å². The summed E-state index contributed by atoms with van der Waals surface area (Å²) in [7, 11) is 1.53. The summed E-state index contributed by atoms with van der Waals surface area (Å²) in [5.74, 6) is -1.86. The van der Waals surface area contributed by atoms with E-state index in [0.29, 0.717) is 44.6 Å². The predicted molar refractivity (Wildman–Crippen MR) is 122 cm³/mol. The molecule has 0 bridgehead atoms. The Hall–Kier alpha value is -3.26. The minimum Gasteiger partial charge on any atom is -0.383 e. The van der Waals surface area contributed by atoms with Gasteiger partial charge in [-0.1, -0.05) is 30.3 Å². The van der Waals surface area contributed by atoms with Gasteiger partial charge in [-0.05, 0) is 49.4 Å². The number of benzene rings is 2. The second-order valence-corrected chi connectivity index (χ2v) is 8.16. The van der Waals surface area contributed by atoms with Gasteiger partial charge in [-0.25, -0.2) is 4.39 Å². The summed E-state index contributed by atoms with van der Waals surface area (Å²) < 4.78 is 19.1. The number of ether oxygens (including phenoxy) is 1. The van der Waals surface area contributed by atoms with Gasteiger partial charge in [0.05, 0.1) is 12.2 Å². The van der Waals surface area contributed by atoms with Crippen molar-refractivity contribution < 1.29 is 23.5 Å². The van der Waals surface area contributed by atoms with Crippen LogP contribution in [0.25, 0.3) is 0 Å². The maximum absolute atomic E-state index is 14.1. The van der Waals surface area contributed by atoms with Gasteiger partial charge in [0, 0.05) is 32.3 Å². The Balaban J connectivity index is 1.70. The first kappa shape index (κ1) is 24.4. The molecule has 0 unspecified atom stereocenters. The van der Waals surface area contributed by atoms with Crippen LogP contribution in [0.1, 0.15) is 39.1 Å². The molecule has 0 saturated carbocycles. The van der Waals surface area contributed by atoms with Gasteiger partial charge in [0.2, 0.25) is 5.91 Å². The summed E-state index contributed by atoms with van der Waals surface area (Å²) in [5, 5.41) is 5.49. The van der Waals surface area contributed by atoms with E-state index in [0.717, 1.165) is 5.56 Å². The van der Waals surface area contributed by atoms with Gasteiger partial charge in [0.15, 0.2) is 0 Å². The molecule has 0 aromatic heterocycles. The summed E-state index contributed by atoms with van der Waals surface area (Å²) in [5.41, 5.74) is 1.47. The second-order valence-electron chi connectivity index (χ2n) is 8.16. The number of nitrogens with zero attached hydrogens (tertiary/aromatic N) is 1. The number of methoxy groups -OCH3 is 1. The van der Waals surface area contributed by atoms with E-state index in [-0.39, 0.29) is 23.3 Å². The summed E-state index contributed by atoms with van der Waals surface area (Å²) in [6.07, 6.45) is 1.08. The smallest absolute Gasteiger partial charge is 0.254 e. The van der Waals surface area contributed by atoms with E-state index in [2.05, 4.69) is 10.6 Å². The van der Waals surface area contributed by atoms with E-state index in [9.17, 15) is 18.8 Å². The van der Waals surface area contributed by atoms with Crippen LogP contribution < -0.4 is 10.6 Å². The molecule has 0 radical (unpaired) electrons. The van der Waals surface area contributed by atoms with E-state index in [1.54, 1.807) is 11.0 Å². The van der Waals surface area contributed by atoms with Crippen LogP contribution in [0, 0.1) is 18.7 Å². The lowest BCUT2D eigenvalue weighted by molar-refractivity contribution is -0.124. The van der Waals surface area contributed by atoms with Gasteiger partial charge in [-0.3, -0.25) is 14.4 Å². The third-order valence-electron chi connectivity index (χ3n) is 5.97. The van der Waals surface area contributed by atoms with E-state index >= 15 is 0 Å². The lowest BCUT2D eigenvalue weighted by Crippen LogP contribution is -2.54. The average Bonchev–Trinajstić information content (AvgIpc) is 2.83. The van der Waals surface area contributed by atoms with Crippen molar-refractivity contribution in [3.63, 3.8) is 0 Å². The number of hydrogen-bond acceptors (Lipinski definition) is 4. The van der Waals surface area contributed by atoms with Gasteiger partial charge < -0.3 is 20.3 Å². The van der Waals surface area contributed by atoms with Crippen molar-refractivity contribution in [3.05, 3.63) is 71.0 Å². The molecule has 1 heterocycles. The van der Waals surface area contributed by atoms with Crippen LogP contribution in [0.4, 0.5) is 4.39 Å². The standard InChI is InChI=1S/C25H30FN3O4/c1-17-7-3-4-8-19(17)25(32)29-14-11-18(12-15-29)22(24(31)27-13-16-33-2)28-23(30)20-9-5-6-10-21(20)26/h3-10,18,22H,11-16H2,1-2H3,(H,27,31)(H,28,30)/t22-/m0/s1. The van der Waals surface area contributed by atoms with Crippen molar-refractivity contribution in [1.82, 2.24) is 15.5 Å². The first-order chi connectivity index (χ1) is 15.9. The van der Waals surface area contributed by atoms with Crippen molar-refractivity contribution in [1.29, 1.82) is 0 Å². The highest BCUT2D eigenvalue weighted by Gasteiger charge is 2.34. The van der Waals surface area contributed by atoms with Crippen LogP contribution >= 0.6 is 0 Å². The molecule has 2 N–H and O–H groups in total. The number of amides is 3. The maximum atomic E-state index is 14.1. The topological polar surface area (TPSA) is 87.7 Å². The molecule has 3 rings (SSSR count). The highest BCUT2D eigenvalue weighted by atomic mass is 19.1. The molecule has 2 aromatic carbocycles. The largest absolute Gasteiger partial charge is 0.383 e. The molecule has 1 aliphatic heterocycles. The number of carbonyl (C=O) groups excluding carboxylic acids is 3. The maximum Gasteiger partial charge on any atom is 0.254 e. The zero-order chi connectivity index (χ0) is 23.8. The quantitative estimate of drug-likeness (QED) is 0.599. The highest BCUT2D eigenvalue weighted by molar-refractivity contribution is 5.98. The van der Waals surface area contributed by atoms with Crippen molar-refractivity contribution in [2.75, 3.05) is 33.4 Å². The number of piperidine rings is 1. The average molecular weight is 456 g/mol. The summed E-state index contributed by atoms with van der Waals surface area (Å²) >= 11 is 0. The first-order valence-corrected chi connectivity index (χ1v) is 11.1. The SMILES string of the molecule is COCCNC(=O)[C@@H](NC(=O)c1ccccc1F)C1CCN(C(=O)c2ccccc2C)CC1. The van der Waals surface area contributed by atoms with E-state index in [1.807, 2.05) is 31.2 Å². The minimum absolute atomic E-state index is 0.0389. The van der Waals surface area contributed by atoms with Crippen LogP contribution in [0.3, 0.4) is 0 Å². The van der Waals surface area contributed by atoms with Gasteiger partial charge >= 0.3 is 0 Å². The lowest BCUT2D eigenvalue weighted by Gasteiger charge is -2.36. The number of hydrogen-bond donors (Lipinski definition) is 2. The summed E-state index contributed by atoms with van der Waals surface area (Å²) in [6.45, 7) is 3.47. The van der Waals surface area contributed by atoms with Crippen molar-refractivity contribution in [2.24, 2.45) is 5.92 Å². The third kappa shape index (κ3) is 6.16. The van der Waals surface area contributed by atoms with Gasteiger partial charge in [0.1, 0.15) is 11.9 Å².